The number of hydrogen-bond acceptors (Lipinski definition) is 3. The third kappa shape index (κ3) is 4.91. The molecule has 1 heterocycles. The number of rotatable bonds is 8. The summed E-state index contributed by atoms with van der Waals surface area (Å²) in [4.78, 5) is 16.3. The number of nitrogens with one attached hydrogen (secondary N) is 1. The Balaban J connectivity index is 1.59. The molecule has 0 fully saturated rings. The summed E-state index contributed by atoms with van der Waals surface area (Å²) in [5.41, 5.74) is 1.08. The van der Waals surface area contributed by atoms with E-state index in [0.717, 1.165) is 10.1 Å². The summed E-state index contributed by atoms with van der Waals surface area (Å²) in [5.74, 6) is -0.157. The van der Waals surface area contributed by atoms with Crippen LogP contribution in [0.4, 0.5) is 13.2 Å². The van der Waals surface area contributed by atoms with Crippen LogP contribution in [-0.4, -0.2) is 22.0 Å². The summed E-state index contributed by atoms with van der Waals surface area (Å²) in [7, 11) is 0. The van der Waals surface area contributed by atoms with Crippen LogP contribution >= 0.6 is 0 Å². The van der Waals surface area contributed by atoms with Crippen LogP contribution in [0.2, 0.25) is 0 Å². The van der Waals surface area contributed by atoms with E-state index in [9.17, 15) is 18.0 Å². The lowest BCUT2D eigenvalue weighted by Crippen LogP contribution is -2.27. The number of alkyl halides is 2. The predicted octanol–water partition coefficient (Wildman–Crippen LogP) is 3.97. The van der Waals surface area contributed by atoms with Crippen LogP contribution in [0.3, 0.4) is 0 Å². The molecule has 0 bridgehead atoms. The Morgan fingerprint density at radius 1 is 1.14 bits per heavy atom. The monoisotopic (exact) mass is 389 g/mol. The number of imidazole rings is 1. The van der Waals surface area contributed by atoms with Crippen molar-refractivity contribution < 1.29 is 22.7 Å². The Hall–Kier alpha value is -3.29. The van der Waals surface area contributed by atoms with Crippen molar-refractivity contribution in [1.82, 2.24) is 14.9 Å². The summed E-state index contributed by atoms with van der Waals surface area (Å²) < 4.78 is 45.0. The van der Waals surface area contributed by atoms with Gasteiger partial charge in [0.05, 0.1) is 5.56 Å². The predicted molar refractivity (Wildman–Crippen MR) is 96.7 cm³/mol. The van der Waals surface area contributed by atoms with E-state index in [1.165, 1.54) is 24.5 Å². The number of ether oxygens (including phenoxy) is 1. The maximum absolute atomic E-state index is 13.0. The van der Waals surface area contributed by atoms with E-state index in [4.69, 9.17) is 4.74 Å². The van der Waals surface area contributed by atoms with Gasteiger partial charge in [-0.3, -0.25) is 9.36 Å². The minimum atomic E-state index is -2.67. The smallest absolute Gasteiger partial charge is 0.319 e. The second-order valence-corrected chi connectivity index (χ2v) is 5.95. The van der Waals surface area contributed by atoms with Crippen LogP contribution in [0.25, 0.3) is 0 Å². The van der Waals surface area contributed by atoms with Gasteiger partial charge in [-0.15, -0.1) is 0 Å². The molecule has 8 heteroatoms. The largest absolute Gasteiger partial charge is 0.488 e. The van der Waals surface area contributed by atoms with Crippen LogP contribution in [0.1, 0.15) is 28.3 Å². The Morgan fingerprint density at radius 2 is 1.89 bits per heavy atom. The van der Waals surface area contributed by atoms with Crippen LogP contribution < -0.4 is 10.1 Å². The quantitative estimate of drug-likeness (QED) is 0.634. The summed E-state index contributed by atoms with van der Waals surface area (Å²) in [5, 5.41) is 2.68. The molecule has 3 aromatic rings. The van der Waals surface area contributed by atoms with E-state index >= 15 is 0 Å². The zero-order valence-electron chi connectivity index (χ0n) is 14.8. The number of benzene rings is 2. The van der Waals surface area contributed by atoms with Gasteiger partial charge in [0, 0.05) is 25.4 Å². The highest BCUT2D eigenvalue weighted by Crippen LogP contribution is 2.19. The molecule has 2 aromatic carbocycles. The molecule has 0 saturated carbocycles. The summed E-state index contributed by atoms with van der Waals surface area (Å²) >= 11 is 0. The van der Waals surface area contributed by atoms with Crippen molar-refractivity contribution in [1.29, 1.82) is 0 Å². The highest BCUT2D eigenvalue weighted by atomic mass is 19.3. The molecule has 0 aliphatic rings. The van der Waals surface area contributed by atoms with Gasteiger partial charge >= 0.3 is 6.55 Å². The summed E-state index contributed by atoms with van der Waals surface area (Å²) in [6, 6.07) is 12.6. The fraction of sp³-hybridized carbons (Fsp3) is 0.200. The zero-order valence-corrected chi connectivity index (χ0v) is 14.8. The number of carbonyl (C=O) groups is 1. The average Bonchev–Trinajstić information content (AvgIpc) is 3.16. The zero-order chi connectivity index (χ0) is 19.9. The van der Waals surface area contributed by atoms with Crippen LogP contribution in [-0.2, 0) is 13.0 Å². The van der Waals surface area contributed by atoms with Gasteiger partial charge in [-0.05, 0) is 29.8 Å². The lowest BCUT2D eigenvalue weighted by molar-refractivity contribution is 0.0670. The van der Waals surface area contributed by atoms with Crippen molar-refractivity contribution in [3.8, 4) is 5.75 Å². The van der Waals surface area contributed by atoms with Crippen molar-refractivity contribution >= 4 is 5.91 Å². The van der Waals surface area contributed by atoms with E-state index in [1.807, 2.05) is 0 Å². The van der Waals surface area contributed by atoms with Crippen molar-refractivity contribution in [2.24, 2.45) is 0 Å². The average molecular weight is 389 g/mol. The molecule has 0 aliphatic carbocycles. The summed E-state index contributed by atoms with van der Waals surface area (Å²) in [6.07, 6.45) is 2.66. The van der Waals surface area contributed by atoms with Gasteiger partial charge in [-0.25, -0.2) is 9.37 Å². The van der Waals surface area contributed by atoms with Crippen LogP contribution in [0, 0.1) is 5.82 Å². The maximum Gasteiger partial charge on any atom is 0.319 e. The first-order valence-corrected chi connectivity index (χ1v) is 8.59. The molecule has 0 unspecified atom stereocenters. The van der Waals surface area contributed by atoms with Gasteiger partial charge in [-0.2, -0.15) is 8.78 Å². The minimum Gasteiger partial charge on any atom is -0.488 e. The first-order valence-electron chi connectivity index (χ1n) is 8.59. The van der Waals surface area contributed by atoms with E-state index in [0.29, 0.717) is 11.3 Å². The first kappa shape index (κ1) is 19.5. The van der Waals surface area contributed by atoms with E-state index < -0.39 is 6.55 Å². The molecule has 1 aromatic heterocycles. The van der Waals surface area contributed by atoms with Gasteiger partial charge in [0.2, 0.25) is 0 Å². The van der Waals surface area contributed by atoms with Gasteiger partial charge < -0.3 is 10.1 Å². The lowest BCUT2D eigenvalue weighted by Gasteiger charge is -2.12. The van der Waals surface area contributed by atoms with Crippen molar-refractivity contribution in [2.75, 3.05) is 6.54 Å². The Bertz CT molecular complexity index is 926. The van der Waals surface area contributed by atoms with Gasteiger partial charge in [0.25, 0.3) is 5.91 Å². The van der Waals surface area contributed by atoms with Crippen LogP contribution in [0.5, 0.6) is 5.75 Å². The molecule has 146 valence electrons. The number of aromatic nitrogens is 2. The number of carbonyl (C=O) groups excluding carboxylic acids is 1. The molecule has 0 atom stereocenters. The van der Waals surface area contributed by atoms with Crippen molar-refractivity contribution in [2.45, 2.75) is 19.6 Å². The second kappa shape index (κ2) is 9.07. The third-order valence-corrected chi connectivity index (χ3v) is 4.03. The third-order valence-electron chi connectivity index (χ3n) is 4.03. The normalized spacial score (nSPS) is 10.9. The molecule has 0 saturated heterocycles. The Morgan fingerprint density at radius 3 is 2.64 bits per heavy atom. The highest BCUT2D eigenvalue weighted by Gasteiger charge is 2.14. The number of nitrogens with zero attached hydrogens (tertiary/aromatic N) is 2. The number of hydrogen-bond donors (Lipinski definition) is 1. The molecule has 0 aliphatic heterocycles. The number of amides is 1. The molecular weight excluding hydrogens is 371 g/mol. The fourth-order valence-electron chi connectivity index (χ4n) is 2.62. The van der Waals surface area contributed by atoms with E-state index in [-0.39, 0.29) is 37.1 Å². The molecule has 0 spiro atoms. The molecule has 1 amide bonds. The molecular formula is C20H18F3N3O2. The standard InChI is InChI=1S/C20H18F3N3O2/c21-15-7-5-14(6-8-15)13-28-17-4-2-1-3-16(17)19(27)25-10-9-18-24-11-12-26(18)20(22)23/h1-8,11-12,20H,9-10,13H2,(H,25,27). The van der Waals surface area contributed by atoms with Gasteiger partial charge in [-0.1, -0.05) is 24.3 Å². The Labute approximate surface area is 159 Å². The summed E-state index contributed by atoms with van der Waals surface area (Å²) in [6.45, 7) is -2.35. The number of para-hydroxylation sites is 1. The molecule has 28 heavy (non-hydrogen) atoms. The molecule has 1 N–H and O–H groups in total. The van der Waals surface area contributed by atoms with Crippen molar-refractivity contribution in [3.63, 3.8) is 0 Å². The molecule has 3 rings (SSSR count). The minimum absolute atomic E-state index is 0.148. The Kier molecular flexibility index (Phi) is 6.31. The fourth-order valence-corrected chi connectivity index (χ4v) is 2.62. The SMILES string of the molecule is O=C(NCCc1nccn1C(F)F)c1ccccc1OCc1ccc(F)cc1. The number of halogens is 3. The van der Waals surface area contributed by atoms with Crippen molar-refractivity contribution in [3.05, 3.63) is 83.7 Å². The second-order valence-electron chi connectivity index (χ2n) is 5.95. The topological polar surface area (TPSA) is 56.2 Å². The van der Waals surface area contributed by atoms with Gasteiger partial charge in [0.1, 0.15) is 24.0 Å². The lowest BCUT2D eigenvalue weighted by atomic mass is 10.2. The highest BCUT2D eigenvalue weighted by molar-refractivity contribution is 5.96. The first-order chi connectivity index (χ1) is 13.5. The van der Waals surface area contributed by atoms with Crippen LogP contribution in [0.15, 0.2) is 60.9 Å². The maximum atomic E-state index is 13.0. The molecule has 0 radical (unpaired) electrons. The van der Waals surface area contributed by atoms with Gasteiger partial charge in [0.15, 0.2) is 0 Å². The molecule has 5 nitrogen and oxygen atoms in total. The van der Waals surface area contributed by atoms with E-state index in [2.05, 4.69) is 10.3 Å². The van der Waals surface area contributed by atoms with E-state index in [1.54, 1.807) is 36.4 Å².